The Labute approximate surface area is 112 Å². The van der Waals surface area contributed by atoms with Crippen molar-refractivity contribution >= 4 is 23.1 Å². The number of hydrogen-bond acceptors (Lipinski definition) is 2. The summed E-state index contributed by atoms with van der Waals surface area (Å²) in [5, 5.41) is 2.71. The molecule has 1 rings (SSSR count). The lowest BCUT2D eigenvalue weighted by molar-refractivity contribution is -0.126. The number of nitrogens with two attached hydrogens (primary N) is 1. The van der Waals surface area contributed by atoms with E-state index in [-0.39, 0.29) is 16.7 Å². The predicted octanol–water partition coefficient (Wildman–Crippen LogP) is 1.80. The second kappa shape index (κ2) is 5.91. The minimum Gasteiger partial charge on any atom is -0.392 e. The fourth-order valence-corrected chi connectivity index (χ4v) is 1.44. The minimum absolute atomic E-state index is 0.144. The third kappa shape index (κ3) is 3.50. The van der Waals surface area contributed by atoms with Crippen molar-refractivity contribution in [3.8, 4) is 0 Å². The summed E-state index contributed by atoms with van der Waals surface area (Å²) in [5.74, 6) is -0.508. The highest BCUT2D eigenvalue weighted by molar-refractivity contribution is 7.80. The summed E-state index contributed by atoms with van der Waals surface area (Å²) in [4.78, 5) is 12.0. The van der Waals surface area contributed by atoms with E-state index in [9.17, 15) is 9.18 Å². The van der Waals surface area contributed by atoms with Gasteiger partial charge in [-0.1, -0.05) is 30.4 Å². The first-order valence-corrected chi connectivity index (χ1v) is 6.08. The van der Waals surface area contributed by atoms with Crippen molar-refractivity contribution in [1.29, 1.82) is 0 Å². The van der Waals surface area contributed by atoms with Gasteiger partial charge in [0.1, 0.15) is 5.82 Å². The molecule has 3 nitrogen and oxygen atoms in total. The van der Waals surface area contributed by atoms with E-state index in [1.165, 1.54) is 6.07 Å². The van der Waals surface area contributed by atoms with Crippen LogP contribution in [-0.2, 0) is 11.2 Å². The fourth-order valence-electron chi connectivity index (χ4n) is 1.34. The Balaban J connectivity index is 2.51. The molecule has 0 fully saturated rings. The Morgan fingerprint density at radius 1 is 1.44 bits per heavy atom. The van der Waals surface area contributed by atoms with Crippen molar-refractivity contribution in [2.24, 2.45) is 11.1 Å². The first-order chi connectivity index (χ1) is 8.35. The van der Waals surface area contributed by atoms with Crippen LogP contribution in [0.3, 0.4) is 0 Å². The van der Waals surface area contributed by atoms with Gasteiger partial charge in [0.2, 0.25) is 5.91 Å². The highest BCUT2D eigenvalue weighted by Gasteiger charge is 2.30. The first kappa shape index (κ1) is 14.6. The van der Waals surface area contributed by atoms with Crippen molar-refractivity contribution in [2.45, 2.75) is 20.3 Å². The van der Waals surface area contributed by atoms with E-state index in [1.807, 2.05) is 0 Å². The van der Waals surface area contributed by atoms with Gasteiger partial charge in [0.25, 0.3) is 0 Å². The molecule has 18 heavy (non-hydrogen) atoms. The van der Waals surface area contributed by atoms with Gasteiger partial charge in [-0.15, -0.1) is 0 Å². The molecule has 0 aromatic heterocycles. The Hall–Kier alpha value is -1.49. The Morgan fingerprint density at radius 2 is 2.06 bits per heavy atom. The van der Waals surface area contributed by atoms with Crippen molar-refractivity contribution in [1.82, 2.24) is 5.32 Å². The highest BCUT2D eigenvalue weighted by Crippen LogP contribution is 2.15. The van der Waals surface area contributed by atoms with Crippen LogP contribution in [-0.4, -0.2) is 17.4 Å². The van der Waals surface area contributed by atoms with Gasteiger partial charge in [0, 0.05) is 6.54 Å². The molecule has 0 spiro atoms. The molecule has 1 amide bonds. The maximum absolute atomic E-state index is 13.3. The number of thiocarbonyl (C=S) groups is 1. The van der Waals surface area contributed by atoms with Gasteiger partial charge in [0.05, 0.1) is 10.4 Å². The van der Waals surface area contributed by atoms with Crippen molar-refractivity contribution in [3.63, 3.8) is 0 Å². The van der Waals surface area contributed by atoms with Crippen LogP contribution < -0.4 is 11.1 Å². The SMILES string of the molecule is CC(C)(C(=O)NCCc1ccccc1F)C(N)=S. The molecule has 5 heteroatoms. The number of hydrogen-bond donors (Lipinski definition) is 2. The summed E-state index contributed by atoms with van der Waals surface area (Å²) in [7, 11) is 0. The summed E-state index contributed by atoms with van der Waals surface area (Å²) in [5.41, 5.74) is 5.18. The van der Waals surface area contributed by atoms with Gasteiger partial charge in [-0.05, 0) is 31.9 Å². The standard InChI is InChI=1S/C13H17FN2OS/c1-13(2,11(15)18)12(17)16-8-7-9-5-3-4-6-10(9)14/h3-6H,7-8H2,1-2H3,(H2,15,18)(H,16,17). The Morgan fingerprint density at radius 3 is 2.61 bits per heavy atom. The van der Waals surface area contributed by atoms with Crippen molar-refractivity contribution < 1.29 is 9.18 Å². The number of nitrogens with one attached hydrogen (secondary N) is 1. The van der Waals surface area contributed by atoms with E-state index in [4.69, 9.17) is 18.0 Å². The van der Waals surface area contributed by atoms with Gasteiger partial charge in [-0.3, -0.25) is 4.79 Å². The van der Waals surface area contributed by atoms with E-state index >= 15 is 0 Å². The van der Waals surface area contributed by atoms with Crippen LogP contribution in [0.2, 0.25) is 0 Å². The molecule has 98 valence electrons. The van der Waals surface area contributed by atoms with Crippen LogP contribution in [0.1, 0.15) is 19.4 Å². The molecular weight excluding hydrogens is 251 g/mol. The maximum Gasteiger partial charge on any atom is 0.232 e. The van der Waals surface area contributed by atoms with Gasteiger partial charge < -0.3 is 11.1 Å². The molecule has 0 saturated heterocycles. The summed E-state index contributed by atoms with van der Waals surface area (Å²) < 4.78 is 13.3. The van der Waals surface area contributed by atoms with Crippen LogP contribution in [0.15, 0.2) is 24.3 Å². The molecule has 0 aliphatic carbocycles. The minimum atomic E-state index is -0.884. The fraction of sp³-hybridized carbons (Fsp3) is 0.385. The molecule has 0 aliphatic rings. The average Bonchev–Trinajstić information content (AvgIpc) is 2.31. The van der Waals surface area contributed by atoms with Crippen molar-refractivity contribution in [2.75, 3.05) is 6.54 Å². The van der Waals surface area contributed by atoms with Gasteiger partial charge in [0.15, 0.2) is 0 Å². The number of rotatable bonds is 5. The van der Waals surface area contributed by atoms with Gasteiger partial charge in [-0.25, -0.2) is 4.39 Å². The van der Waals surface area contributed by atoms with Crippen LogP contribution in [0.5, 0.6) is 0 Å². The Kier molecular flexibility index (Phi) is 4.78. The van der Waals surface area contributed by atoms with Crippen LogP contribution in [0.4, 0.5) is 4.39 Å². The van der Waals surface area contributed by atoms with Crippen LogP contribution >= 0.6 is 12.2 Å². The Bertz CT molecular complexity index is 460. The number of amides is 1. The topological polar surface area (TPSA) is 55.1 Å². The number of carbonyl (C=O) groups is 1. The van der Waals surface area contributed by atoms with Crippen molar-refractivity contribution in [3.05, 3.63) is 35.6 Å². The van der Waals surface area contributed by atoms with E-state index in [0.717, 1.165) is 0 Å². The van der Waals surface area contributed by atoms with E-state index in [2.05, 4.69) is 5.32 Å². The molecule has 0 radical (unpaired) electrons. The summed E-state index contributed by atoms with van der Waals surface area (Å²) in [6, 6.07) is 6.49. The molecule has 0 heterocycles. The second-order valence-electron chi connectivity index (χ2n) is 4.59. The molecule has 0 aliphatic heterocycles. The number of halogens is 1. The lowest BCUT2D eigenvalue weighted by atomic mass is 9.92. The highest BCUT2D eigenvalue weighted by atomic mass is 32.1. The monoisotopic (exact) mass is 268 g/mol. The molecule has 0 atom stereocenters. The number of carbonyl (C=O) groups excluding carboxylic acids is 1. The molecule has 0 saturated carbocycles. The van der Waals surface area contributed by atoms with Crippen LogP contribution in [0.25, 0.3) is 0 Å². The molecule has 3 N–H and O–H groups in total. The largest absolute Gasteiger partial charge is 0.392 e. The molecule has 1 aromatic rings. The zero-order valence-electron chi connectivity index (χ0n) is 10.5. The predicted molar refractivity (Wildman–Crippen MR) is 73.7 cm³/mol. The summed E-state index contributed by atoms with van der Waals surface area (Å²) in [6.07, 6.45) is 0.436. The average molecular weight is 268 g/mol. The molecule has 0 bridgehead atoms. The van der Waals surface area contributed by atoms with Gasteiger partial charge in [-0.2, -0.15) is 0 Å². The number of benzene rings is 1. The molecular formula is C13H17FN2OS. The maximum atomic E-state index is 13.3. The summed E-state index contributed by atoms with van der Waals surface area (Å²) in [6.45, 7) is 3.67. The normalized spacial score (nSPS) is 11.1. The molecule has 1 aromatic carbocycles. The lowest BCUT2D eigenvalue weighted by Gasteiger charge is -2.21. The van der Waals surface area contributed by atoms with E-state index < -0.39 is 5.41 Å². The second-order valence-corrected chi connectivity index (χ2v) is 5.03. The third-order valence-corrected chi connectivity index (χ3v) is 3.33. The van der Waals surface area contributed by atoms with E-state index in [0.29, 0.717) is 18.5 Å². The lowest BCUT2D eigenvalue weighted by Crippen LogP contribution is -2.45. The summed E-state index contributed by atoms with van der Waals surface area (Å²) >= 11 is 4.83. The van der Waals surface area contributed by atoms with Crippen LogP contribution in [0, 0.1) is 11.2 Å². The smallest absolute Gasteiger partial charge is 0.232 e. The first-order valence-electron chi connectivity index (χ1n) is 5.67. The quantitative estimate of drug-likeness (QED) is 0.801. The molecule has 0 unspecified atom stereocenters. The zero-order chi connectivity index (χ0) is 13.8. The zero-order valence-corrected chi connectivity index (χ0v) is 11.3. The third-order valence-electron chi connectivity index (χ3n) is 2.82. The van der Waals surface area contributed by atoms with Gasteiger partial charge >= 0.3 is 0 Å². The van der Waals surface area contributed by atoms with E-state index in [1.54, 1.807) is 32.0 Å².